The summed E-state index contributed by atoms with van der Waals surface area (Å²) in [6, 6.07) is 3.89. The highest BCUT2D eigenvalue weighted by molar-refractivity contribution is 5.90. The van der Waals surface area contributed by atoms with E-state index in [4.69, 9.17) is 0 Å². The SMILES string of the molecule is Cc1cc(C)nc([C@@H](C#N)C(=O)[C@H]2CCCN(C(=O)C3CC3)C2)n1. The van der Waals surface area contributed by atoms with Crippen LogP contribution < -0.4 is 0 Å². The summed E-state index contributed by atoms with van der Waals surface area (Å²) < 4.78 is 0. The number of Topliss-reactive ketones (excluding diaryl/α,β-unsaturated/α-hetero) is 1. The number of carbonyl (C=O) groups excluding carboxylic acids is 2. The quantitative estimate of drug-likeness (QED) is 0.843. The number of amides is 1. The normalized spacial score (nSPS) is 21.9. The Kier molecular flexibility index (Phi) is 4.61. The van der Waals surface area contributed by atoms with E-state index in [1.807, 2.05) is 19.9 Å². The van der Waals surface area contributed by atoms with Gasteiger partial charge in [0.15, 0.2) is 17.5 Å². The van der Waals surface area contributed by atoms with Gasteiger partial charge in [-0.15, -0.1) is 0 Å². The van der Waals surface area contributed by atoms with Gasteiger partial charge in [0.1, 0.15) is 0 Å². The van der Waals surface area contributed by atoms with E-state index in [-0.39, 0.29) is 29.4 Å². The van der Waals surface area contributed by atoms with Gasteiger partial charge < -0.3 is 4.90 Å². The first-order valence-corrected chi connectivity index (χ1v) is 8.54. The molecule has 2 atom stereocenters. The molecule has 24 heavy (non-hydrogen) atoms. The maximum absolute atomic E-state index is 12.9. The Balaban J connectivity index is 1.75. The van der Waals surface area contributed by atoms with Gasteiger partial charge in [0.25, 0.3) is 0 Å². The van der Waals surface area contributed by atoms with Crippen molar-refractivity contribution in [3.05, 3.63) is 23.3 Å². The Hall–Kier alpha value is -2.29. The smallest absolute Gasteiger partial charge is 0.225 e. The lowest BCUT2D eigenvalue weighted by Gasteiger charge is -2.32. The van der Waals surface area contributed by atoms with E-state index in [1.165, 1.54) is 0 Å². The number of nitriles is 1. The molecule has 2 aliphatic rings. The molecule has 2 heterocycles. The van der Waals surface area contributed by atoms with Crippen molar-refractivity contribution in [3.8, 4) is 6.07 Å². The van der Waals surface area contributed by atoms with Crippen LogP contribution in [0, 0.1) is 37.0 Å². The molecule has 1 aromatic heterocycles. The zero-order chi connectivity index (χ0) is 17.3. The Morgan fingerprint density at radius 3 is 2.46 bits per heavy atom. The van der Waals surface area contributed by atoms with Crippen molar-refractivity contribution in [2.45, 2.75) is 45.4 Å². The Bertz CT molecular complexity index is 685. The van der Waals surface area contributed by atoms with Gasteiger partial charge in [-0.25, -0.2) is 9.97 Å². The van der Waals surface area contributed by atoms with E-state index in [1.54, 1.807) is 4.90 Å². The van der Waals surface area contributed by atoms with Gasteiger partial charge >= 0.3 is 0 Å². The van der Waals surface area contributed by atoms with Crippen molar-refractivity contribution in [1.82, 2.24) is 14.9 Å². The molecule has 0 aromatic carbocycles. The summed E-state index contributed by atoms with van der Waals surface area (Å²) in [5, 5.41) is 9.50. The molecule has 1 aliphatic heterocycles. The van der Waals surface area contributed by atoms with Crippen LogP contribution in [0.3, 0.4) is 0 Å². The Morgan fingerprint density at radius 2 is 1.88 bits per heavy atom. The van der Waals surface area contributed by atoms with Crippen LogP contribution in [0.2, 0.25) is 0 Å². The second-order valence-electron chi connectivity index (χ2n) is 6.87. The molecule has 1 amide bonds. The number of hydrogen-bond donors (Lipinski definition) is 0. The number of aryl methyl sites for hydroxylation is 2. The van der Waals surface area contributed by atoms with Crippen molar-refractivity contribution in [3.63, 3.8) is 0 Å². The maximum Gasteiger partial charge on any atom is 0.225 e. The number of hydrogen-bond acceptors (Lipinski definition) is 5. The number of piperidine rings is 1. The molecule has 6 nitrogen and oxygen atoms in total. The molecule has 0 radical (unpaired) electrons. The second-order valence-corrected chi connectivity index (χ2v) is 6.87. The summed E-state index contributed by atoms with van der Waals surface area (Å²) in [6.07, 6.45) is 3.45. The monoisotopic (exact) mass is 326 g/mol. The van der Waals surface area contributed by atoms with Crippen LogP contribution in [-0.2, 0) is 9.59 Å². The van der Waals surface area contributed by atoms with Crippen LogP contribution in [0.15, 0.2) is 6.07 Å². The van der Waals surface area contributed by atoms with E-state index in [9.17, 15) is 14.9 Å². The number of carbonyl (C=O) groups is 2. The van der Waals surface area contributed by atoms with E-state index in [2.05, 4.69) is 16.0 Å². The van der Waals surface area contributed by atoms with Crippen LogP contribution in [0.5, 0.6) is 0 Å². The highest BCUT2D eigenvalue weighted by Crippen LogP contribution is 2.33. The molecular formula is C18H22N4O2. The van der Waals surface area contributed by atoms with Gasteiger partial charge in [0, 0.05) is 36.3 Å². The number of likely N-dealkylation sites (tertiary alicyclic amines) is 1. The lowest BCUT2D eigenvalue weighted by atomic mass is 9.86. The first kappa shape index (κ1) is 16.6. The molecule has 3 rings (SSSR count). The third-order valence-corrected chi connectivity index (χ3v) is 4.73. The molecule has 1 saturated heterocycles. The van der Waals surface area contributed by atoms with Crippen molar-refractivity contribution in [2.75, 3.05) is 13.1 Å². The average Bonchev–Trinajstić information content (AvgIpc) is 3.39. The number of aromatic nitrogens is 2. The molecule has 126 valence electrons. The first-order chi connectivity index (χ1) is 11.5. The van der Waals surface area contributed by atoms with Crippen molar-refractivity contribution in [2.24, 2.45) is 11.8 Å². The highest BCUT2D eigenvalue weighted by Gasteiger charge is 2.38. The van der Waals surface area contributed by atoms with Crippen LogP contribution in [0.4, 0.5) is 0 Å². The topological polar surface area (TPSA) is 87.0 Å². The van der Waals surface area contributed by atoms with Crippen molar-refractivity contribution >= 4 is 11.7 Å². The van der Waals surface area contributed by atoms with Crippen LogP contribution in [0.1, 0.15) is 48.8 Å². The third-order valence-electron chi connectivity index (χ3n) is 4.73. The van der Waals surface area contributed by atoms with Crippen LogP contribution in [-0.4, -0.2) is 39.6 Å². The van der Waals surface area contributed by atoms with Crippen molar-refractivity contribution < 1.29 is 9.59 Å². The molecule has 0 spiro atoms. The van der Waals surface area contributed by atoms with Gasteiger partial charge in [-0.05, 0) is 45.6 Å². The van der Waals surface area contributed by atoms with Gasteiger partial charge in [0.2, 0.25) is 5.91 Å². The largest absolute Gasteiger partial charge is 0.342 e. The summed E-state index contributed by atoms with van der Waals surface area (Å²) in [7, 11) is 0. The van der Waals surface area contributed by atoms with Crippen molar-refractivity contribution in [1.29, 1.82) is 5.26 Å². The Morgan fingerprint density at radius 1 is 1.21 bits per heavy atom. The lowest BCUT2D eigenvalue weighted by molar-refractivity contribution is -0.136. The number of nitrogens with zero attached hydrogens (tertiary/aromatic N) is 4. The van der Waals surface area contributed by atoms with Crippen LogP contribution >= 0.6 is 0 Å². The first-order valence-electron chi connectivity index (χ1n) is 8.54. The Labute approximate surface area is 141 Å². The maximum atomic E-state index is 12.9. The van der Waals surface area contributed by atoms with Gasteiger partial charge in [-0.3, -0.25) is 9.59 Å². The molecule has 0 bridgehead atoms. The van der Waals surface area contributed by atoms with Gasteiger partial charge in [0.05, 0.1) is 6.07 Å². The molecule has 1 aliphatic carbocycles. The van der Waals surface area contributed by atoms with E-state index >= 15 is 0 Å². The summed E-state index contributed by atoms with van der Waals surface area (Å²) in [5.74, 6) is -0.793. The van der Waals surface area contributed by atoms with Gasteiger partial charge in [-0.1, -0.05) is 0 Å². The summed E-state index contributed by atoms with van der Waals surface area (Å²) in [6.45, 7) is 4.80. The van der Waals surface area contributed by atoms with Gasteiger partial charge in [-0.2, -0.15) is 5.26 Å². The number of ketones is 1. The lowest BCUT2D eigenvalue weighted by Crippen LogP contribution is -2.44. The molecule has 6 heteroatoms. The predicted molar refractivity (Wildman–Crippen MR) is 86.9 cm³/mol. The average molecular weight is 326 g/mol. The summed E-state index contributed by atoms with van der Waals surface area (Å²) in [4.78, 5) is 35.5. The van der Waals surface area contributed by atoms with E-state index < -0.39 is 5.92 Å². The third kappa shape index (κ3) is 3.45. The minimum Gasteiger partial charge on any atom is -0.342 e. The zero-order valence-corrected chi connectivity index (χ0v) is 14.2. The molecule has 0 unspecified atom stereocenters. The van der Waals surface area contributed by atoms with Crippen LogP contribution in [0.25, 0.3) is 0 Å². The summed E-state index contributed by atoms with van der Waals surface area (Å²) in [5.41, 5.74) is 1.50. The standard InChI is InChI=1S/C18H22N4O2/c1-11-8-12(2)21-17(20-11)15(9-19)16(23)14-4-3-7-22(10-14)18(24)13-5-6-13/h8,13-15H,3-7,10H2,1-2H3/t14-,15-/m0/s1. The predicted octanol–water partition coefficient (Wildman–Crippen LogP) is 1.92. The fourth-order valence-electron chi connectivity index (χ4n) is 3.36. The molecule has 1 aromatic rings. The fourth-order valence-corrected chi connectivity index (χ4v) is 3.36. The summed E-state index contributed by atoms with van der Waals surface area (Å²) >= 11 is 0. The molecule has 1 saturated carbocycles. The second kappa shape index (κ2) is 6.68. The number of rotatable bonds is 4. The highest BCUT2D eigenvalue weighted by atomic mass is 16.2. The van der Waals surface area contributed by atoms with E-state index in [0.717, 1.165) is 43.6 Å². The minimum absolute atomic E-state index is 0.157. The zero-order valence-electron chi connectivity index (χ0n) is 14.2. The fraction of sp³-hybridized carbons (Fsp3) is 0.611. The van der Waals surface area contributed by atoms with E-state index in [0.29, 0.717) is 6.54 Å². The minimum atomic E-state index is -0.954. The molecular weight excluding hydrogens is 304 g/mol. The molecule has 2 fully saturated rings. The molecule has 0 N–H and O–H groups in total.